The first-order valence-corrected chi connectivity index (χ1v) is 7.44. The van der Waals surface area contributed by atoms with Gasteiger partial charge in [-0.1, -0.05) is 5.16 Å². The topological polar surface area (TPSA) is 68.2 Å². The Kier molecular flexibility index (Phi) is 5.34. The molecule has 1 aliphatic heterocycles. The lowest BCUT2D eigenvalue weighted by Gasteiger charge is -2.34. The Balaban J connectivity index is 1.77. The highest BCUT2D eigenvalue weighted by Gasteiger charge is 2.22. The van der Waals surface area contributed by atoms with Gasteiger partial charge in [-0.15, -0.1) is 0 Å². The normalized spacial score (nSPS) is 18.3. The number of aryl methyl sites for hydroxylation is 1. The van der Waals surface area contributed by atoms with E-state index in [-0.39, 0.29) is 0 Å². The minimum Gasteiger partial charge on any atom is -0.339 e. The van der Waals surface area contributed by atoms with Crippen molar-refractivity contribution in [3.63, 3.8) is 0 Å². The van der Waals surface area contributed by atoms with E-state index in [1.165, 1.54) is 25.9 Å². The van der Waals surface area contributed by atoms with Gasteiger partial charge in [0.1, 0.15) is 0 Å². The molecule has 2 rings (SSSR count). The fourth-order valence-electron chi connectivity index (χ4n) is 2.66. The van der Waals surface area contributed by atoms with Gasteiger partial charge in [0.05, 0.1) is 0 Å². The largest absolute Gasteiger partial charge is 0.339 e. The molecule has 1 saturated heterocycles. The molecule has 1 aromatic heterocycles. The van der Waals surface area contributed by atoms with Crippen LogP contribution in [0.15, 0.2) is 4.52 Å². The van der Waals surface area contributed by atoms with Crippen LogP contribution in [0.3, 0.4) is 0 Å². The zero-order valence-electron chi connectivity index (χ0n) is 12.1. The second kappa shape index (κ2) is 7.01. The fourth-order valence-corrected chi connectivity index (χ4v) is 2.66. The van der Waals surface area contributed by atoms with E-state index in [9.17, 15) is 0 Å². The van der Waals surface area contributed by atoms with Gasteiger partial charge < -0.3 is 15.2 Å². The van der Waals surface area contributed by atoms with Gasteiger partial charge in [-0.3, -0.25) is 0 Å². The van der Waals surface area contributed by atoms with Crippen molar-refractivity contribution < 1.29 is 4.52 Å². The summed E-state index contributed by atoms with van der Waals surface area (Å²) in [6.45, 7) is 7.60. The molecule has 0 aromatic carbocycles. The maximum absolute atomic E-state index is 5.48. The van der Waals surface area contributed by atoms with Crippen LogP contribution < -0.4 is 5.73 Å². The van der Waals surface area contributed by atoms with Gasteiger partial charge in [-0.2, -0.15) is 4.98 Å². The number of nitrogens with two attached hydrogens (primary N) is 1. The molecule has 0 unspecified atom stereocenters. The van der Waals surface area contributed by atoms with Crippen LogP contribution >= 0.6 is 0 Å². The Bertz CT molecular complexity index is 369. The lowest BCUT2D eigenvalue weighted by molar-refractivity contribution is 0.148. The summed E-state index contributed by atoms with van der Waals surface area (Å²) in [5, 5.41) is 4.08. The van der Waals surface area contributed by atoms with Gasteiger partial charge in [0.25, 0.3) is 0 Å². The molecular formula is C14H26N4O. The van der Waals surface area contributed by atoms with Crippen LogP contribution in [-0.4, -0.2) is 40.7 Å². The van der Waals surface area contributed by atoms with Gasteiger partial charge in [-0.25, -0.2) is 0 Å². The van der Waals surface area contributed by atoms with Gasteiger partial charge in [-0.05, 0) is 58.7 Å². The molecule has 0 aliphatic carbocycles. The Morgan fingerprint density at radius 2 is 2.11 bits per heavy atom. The Morgan fingerprint density at radius 3 is 2.74 bits per heavy atom. The molecule has 2 N–H and O–H groups in total. The average molecular weight is 266 g/mol. The molecule has 0 saturated carbocycles. The van der Waals surface area contributed by atoms with Gasteiger partial charge in [0.15, 0.2) is 5.82 Å². The van der Waals surface area contributed by atoms with E-state index in [0.717, 1.165) is 31.0 Å². The fraction of sp³-hybridized carbons (Fsp3) is 0.857. The number of piperidine rings is 1. The number of nitrogens with zero attached hydrogens (tertiary/aromatic N) is 3. The molecule has 2 heterocycles. The average Bonchev–Trinajstić information content (AvgIpc) is 2.84. The molecule has 0 spiro atoms. The summed E-state index contributed by atoms with van der Waals surface area (Å²) in [4.78, 5) is 6.99. The first-order valence-electron chi connectivity index (χ1n) is 7.44. The quantitative estimate of drug-likeness (QED) is 0.847. The SMILES string of the molecule is CC(C)N1CCC(Cc2noc(CCCN)n2)CC1. The van der Waals surface area contributed by atoms with Crippen molar-refractivity contribution in [2.45, 2.75) is 52.0 Å². The molecule has 19 heavy (non-hydrogen) atoms. The predicted octanol–water partition coefficient (Wildman–Crippen LogP) is 1.62. The third kappa shape index (κ3) is 4.28. The third-order valence-corrected chi connectivity index (χ3v) is 3.96. The summed E-state index contributed by atoms with van der Waals surface area (Å²) in [6.07, 6.45) is 5.15. The molecule has 0 radical (unpaired) electrons. The summed E-state index contributed by atoms with van der Waals surface area (Å²) >= 11 is 0. The second-order valence-electron chi connectivity index (χ2n) is 5.77. The van der Waals surface area contributed by atoms with E-state index in [2.05, 4.69) is 28.9 Å². The van der Waals surface area contributed by atoms with Crippen molar-refractivity contribution >= 4 is 0 Å². The minimum absolute atomic E-state index is 0.661. The smallest absolute Gasteiger partial charge is 0.226 e. The Hall–Kier alpha value is -0.940. The summed E-state index contributed by atoms with van der Waals surface area (Å²) in [7, 11) is 0. The van der Waals surface area contributed by atoms with Crippen LogP contribution in [0.5, 0.6) is 0 Å². The Morgan fingerprint density at radius 1 is 1.37 bits per heavy atom. The van der Waals surface area contributed by atoms with Crippen molar-refractivity contribution in [1.29, 1.82) is 0 Å². The first kappa shape index (κ1) is 14.5. The van der Waals surface area contributed by atoms with Gasteiger partial charge in [0, 0.05) is 18.9 Å². The number of hydrogen-bond acceptors (Lipinski definition) is 5. The number of hydrogen-bond donors (Lipinski definition) is 1. The van der Waals surface area contributed by atoms with Crippen molar-refractivity contribution in [2.24, 2.45) is 11.7 Å². The Labute approximate surface area is 115 Å². The standard InChI is InChI=1S/C14H26N4O/c1-11(2)18-8-5-12(6-9-18)10-13-16-14(19-17-13)4-3-7-15/h11-12H,3-10,15H2,1-2H3. The lowest BCUT2D eigenvalue weighted by Crippen LogP contribution is -2.38. The molecule has 1 aromatic rings. The molecule has 1 aliphatic rings. The third-order valence-electron chi connectivity index (χ3n) is 3.96. The molecule has 0 amide bonds. The molecule has 108 valence electrons. The van der Waals surface area contributed by atoms with Crippen molar-refractivity contribution in [2.75, 3.05) is 19.6 Å². The highest BCUT2D eigenvalue weighted by atomic mass is 16.5. The van der Waals surface area contributed by atoms with E-state index in [4.69, 9.17) is 10.3 Å². The van der Waals surface area contributed by atoms with Crippen LogP contribution in [0, 0.1) is 5.92 Å². The summed E-state index contributed by atoms with van der Waals surface area (Å²) in [5.41, 5.74) is 5.48. The highest BCUT2D eigenvalue weighted by molar-refractivity contribution is 4.90. The highest BCUT2D eigenvalue weighted by Crippen LogP contribution is 2.21. The van der Waals surface area contributed by atoms with Crippen molar-refractivity contribution in [3.8, 4) is 0 Å². The van der Waals surface area contributed by atoms with Crippen LogP contribution in [0.2, 0.25) is 0 Å². The van der Waals surface area contributed by atoms with Crippen LogP contribution in [0.4, 0.5) is 0 Å². The van der Waals surface area contributed by atoms with Crippen LogP contribution in [0.25, 0.3) is 0 Å². The predicted molar refractivity (Wildman–Crippen MR) is 74.8 cm³/mol. The molecule has 1 fully saturated rings. The summed E-state index contributed by atoms with van der Waals surface area (Å²) < 4.78 is 5.24. The maximum atomic E-state index is 5.48. The monoisotopic (exact) mass is 266 g/mol. The van der Waals surface area contributed by atoms with E-state index in [0.29, 0.717) is 18.5 Å². The number of likely N-dealkylation sites (tertiary alicyclic amines) is 1. The molecule has 0 atom stereocenters. The van der Waals surface area contributed by atoms with E-state index in [1.807, 2.05) is 0 Å². The van der Waals surface area contributed by atoms with Crippen molar-refractivity contribution in [1.82, 2.24) is 15.0 Å². The summed E-state index contributed by atoms with van der Waals surface area (Å²) in [6, 6.07) is 0.661. The maximum Gasteiger partial charge on any atom is 0.226 e. The molecule has 5 nitrogen and oxygen atoms in total. The molecule has 0 bridgehead atoms. The van der Waals surface area contributed by atoms with Gasteiger partial charge in [0.2, 0.25) is 5.89 Å². The minimum atomic E-state index is 0.661. The second-order valence-corrected chi connectivity index (χ2v) is 5.77. The first-order chi connectivity index (χ1) is 9.19. The summed E-state index contributed by atoms with van der Waals surface area (Å²) in [5.74, 6) is 2.31. The zero-order valence-corrected chi connectivity index (χ0v) is 12.1. The van der Waals surface area contributed by atoms with E-state index < -0.39 is 0 Å². The van der Waals surface area contributed by atoms with Crippen LogP contribution in [0.1, 0.15) is 44.8 Å². The van der Waals surface area contributed by atoms with Crippen molar-refractivity contribution in [3.05, 3.63) is 11.7 Å². The lowest BCUT2D eigenvalue weighted by atomic mass is 9.93. The zero-order chi connectivity index (χ0) is 13.7. The van der Waals surface area contributed by atoms with Crippen LogP contribution in [-0.2, 0) is 12.8 Å². The number of aromatic nitrogens is 2. The molecular weight excluding hydrogens is 240 g/mol. The van der Waals surface area contributed by atoms with Gasteiger partial charge >= 0.3 is 0 Å². The number of rotatable bonds is 6. The van der Waals surface area contributed by atoms with E-state index >= 15 is 0 Å². The van der Waals surface area contributed by atoms with E-state index in [1.54, 1.807) is 0 Å². The molecule has 5 heteroatoms.